The molecule has 0 fully saturated rings. The fourth-order valence-electron chi connectivity index (χ4n) is 2.24. The number of hydrogen-bond acceptors (Lipinski definition) is 2. The van der Waals surface area contributed by atoms with Crippen molar-refractivity contribution >= 4 is 34.7 Å². The molecule has 0 spiro atoms. The molecule has 0 aliphatic carbocycles. The predicted molar refractivity (Wildman–Crippen MR) is 99.2 cm³/mol. The van der Waals surface area contributed by atoms with Crippen molar-refractivity contribution in [3.8, 4) is 5.69 Å². The van der Waals surface area contributed by atoms with Gasteiger partial charge in [0.2, 0.25) is 0 Å². The van der Waals surface area contributed by atoms with Crippen LogP contribution in [0.1, 0.15) is 4.88 Å². The molecule has 0 atom stereocenters. The van der Waals surface area contributed by atoms with E-state index in [-0.39, 0.29) is 6.03 Å². The second kappa shape index (κ2) is 7.03. The van der Waals surface area contributed by atoms with E-state index in [9.17, 15) is 4.79 Å². The number of benzene rings is 2. The Morgan fingerprint density at radius 2 is 1.79 bits per heavy atom. The van der Waals surface area contributed by atoms with Gasteiger partial charge in [0.05, 0.1) is 0 Å². The minimum absolute atomic E-state index is 0.314. The van der Waals surface area contributed by atoms with Crippen LogP contribution in [0.25, 0.3) is 5.69 Å². The highest BCUT2D eigenvalue weighted by molar-refractivity contribution is 7.09. The highest BCUT2D eigenvalue weighted by Gasteiger charge is 2.11. The summed E-state index contributed by atoms with van der Waals surface area (Å²) in [4.78, 5) is 20.0. The van der Waals surface area contributed by atoms with Crippen molar-refractivity contribution in [1.82, 2.24) is 4.57 Å². The van der Waals surface area contributed by atoms with E-state index in [1.165, 1.54) is 16.2 Å². The van der Waals surface area contributed by atoms with Crippen molar-refractivity contribution < 1.29 is 4.79 Å². The first-order valence-electron chi connectivity index (χ1n) is 7.37. The average molecular weight is 358 g/mol. The van der Waals surface area contributed by atoms with Crippen LogP contribution < -0.4 is 9.70 Å². The summed E-state index contributed by atoms with van der Waals surface area (Å²) in [7, 11) is 1.72. The van der Waals surface area contributed by atoms with Gasteiger partial charge in [-0.05, 0) is 43.3 Å². The summed E-state index contributed by atoms with van der Waals surface area (Å²) in [6, 6.07) is 16.6. The lowest BCUT2D eigenvalue weighted by molar-refractivity contribution is 0.254. The van der Waals surface area contributed by atoms with Crippen LogP contribution in [0.2, 0.25) is 5.02 Å². The Labute approximate surface area is 149 Å². The first-order valence-corrected chi connectivity index (χ1v) is 8.56. The van der Waals surface area contributed by atoms with Crippen molar-refractivity contribution in [3.05, 3.63) is 75.5 Å². The van der Waals surface area contributed by atoms with Crippen molar-refractivity contribution in [2.24, 2.45) is 4.99 Å². The lowest BCUT2D eigenvalue weighted by Crippen LogP contribution is -2.26. The molecule has 6 heteroatoms. The van der Waals surface area contributed by atoms with Crippen LogP contribution in [0.15, 0.2) is 65.8 Å². The SMILES string of the molecule is Cc1cn(-c2ccc(Cl)cc2)/c(=N/C(=O)N(C)c2ccccc2)s1. The summed E-state index contributed by atoms with van der Waals surface area (Å²) in [5.41, 5.74) is 1.72. The van der Waals surface area contributed by atoms with E-state index in [1.54, 1.807) is 7.05 Å². The van der Waals surface area contributed by atoms with Gasteiger partial charge in [-0.3, -0.25) is 9.47 Å². The van der Waals surface area contributed by atoms with Gasteiger partial charge in [0.1, 0.15) is 0 Å². The third-order valence-corrected chi connectivity index (χ3v) is 4.65. The Kier molecular flexibility index (Phi) is 4.83. The zero-order valence-corrected chi connectivity index (χ0v) is 14.9. The number of para-hydroxylation sites is 1. The van der Waals surface area contributed by atoms with Gasteiger partial charge in [0.15, 0.2) is 4.80 Å². The van der Waals surface area contributed by atoms with E-state index < -0.39 is 0 Å². The third-order valence-electron chi connectivity index (χ3n) is 3.50. The molecular weight excluding hydrogens is 342 g/mol. The largest absolute Gasteiger partial charge is 0.350 e. The number of carbonyl (C=O) groups excluding carboxylic acids is 1. The number of anilines is 1. The van der Waals surface area contributed by atoms with Gasteiger partial charge in [-0.1, -0.05) is 29.8 Å². The number of carbonyl (C=O) groups is 1. The van der Waals surface area contributed by atoms with Gasteiger partial charge in [-0.2, -0.15) is 4.99 Å². The molecule has 1 aromatic heterocycles. The molecule has 0 saturated carbocycles. The Balaban J connectivity index is 1.98. The lowest BCUT2D eigenvalue weighted by Gasteiger charge is -2.13. The maximum atomic E-state index is 12.5. The Morgan fingerprint density at radius 1 is 1.12 bits per heavy atom. The van der Waals surface area contributed by atoms with Crippen molar-refractivity contribution in [2.75, 3.05) is 11.9 Å². The zero-order chi connectivity index (χ0) is 17.1. The number of nitrogens with zero attached hydrogens (tertiary/aromatic N) is 3. The number of halogens is 1. The van der Waals surface area contributed by atoms with Crippen LogP contribution in [-0.2, 0) is 0 Å². The van der Waals surface area contributed by atoms with Crippen LogP contribution in [0.5, 0.6) is 0 Å². The monoisotopic (exact) mass is 357 g/mol. The number of aromatic nitrogens is 1. The first kappa shape index (κ1) is 16.5. The molecule has 0 N–H and O–H groups in total. The van der Waals surface area contributed by atoms with Gasteiger partial charge in [-0.15, -0.1) is 11.3 Å². The molecule has 0 saturated heterocycles. The van der Waals surface area contributed by atoms with E-state index in [2.05, 4.69) is 4.99 Å². The zero-order valence-electron chi connectivity index (χ0n) is 13.3. The van der Waals surface area contributed by atoms with Crippen molar-refractivity contribution in [2.45, 2.75) is 6.92 Å². The van der Waals surface area contributed by atoms with Gasteiger partial charge >= 0.3 is 6.03 Å². The number of rotatable bonds is 2. The predicted octanol–water partition coefficient (Wildman–Crippen LogP) is 4.66. The molecule has 24 heavy (non-hydrogen) atoms. The molecule has 2 amide bonds. The summed E-state index contributed by atoms with van der Waals surface area (Å²) in [5.74, 6) is 0. The molecule has 0 aliphatic rings. The van der Waals surface area contributed by atoms with Crippen LogP contribution in [0.3, 0.4) is 0 Å². The van der Waals surface area contributed by atoms with E-state index in [0.29, 0.717) is 9.82 Å². The summed E-state index contributed by atoms with van der Waals surface area (Å²) in [6.45, 7) is 1.99. The van der Waals surface area contributed by atoms with Crippen molar-refractivity contribution in [1.29, 1.82) is 0 Å². The number of amides is 2. The number of thiazole rings is 1. The Bertz CT molecular complexity index is 913. The molecule has 1 heterocycles. The summed E-state index contributed by atoms with van der Waals surface area (Å²) in [6.07, 6.45) is 1.96. The summed E-state index contributed by atoms with van der Waals surface area (Å²) < 4.78 is 1.90. The van der Waals surface area contributed by atoms with Gasteiger partial charge in [-0.25, -0.2) is 4.79 Å². The smallest absolute Gasteiger partial charge is 0.296 e. The molecule has 3 aromatic rings. The number of hydrogen-bond donors (Lipinski definition) is 0. The molecule has 4 nitrogen and oxygen atoms in total. The molecule has 3 rings (SSSR count). The maximum absolute atomic E-state index is 12.5. The molecule has 122 valence electrons. The van der Waals surface area contributed by atoms with Crippen LogP contribution in [-0.4, -0.2) is 17.6 Å². The maximum Gasteiger partial charge on any atom is 0.350 e. The second-order valence-electron chi connectivity index (χ2n) is 5.26. The highest BCUT2D eigenvalue weighted by Crippen LogP contribution is 2.15. The van der Waals surface area contributed by atoms with Gasteiger partial charge in [0.25, 0.3) is 0 Å². The average Bonchev–Trinajstić information content (AvgIpc) is 2.96. The van der Waals surface area contributed by atoms with Crippen LogP contribution in [0.4, 0.5) is 10.5 Å². The highest BCUT2D eigenvalue weighted by atomic mass is 35.5. The molecule has 0 bridgehead atoms. The standard InChI is InChI=1S/C18H16ClN3OS/c1-13-12-22(16-10-8-14(19)9-11-16)18(24-13)20-17(23)21(2)15-6-4-3-5-7-15/h3-12H,1-2H3/b20-18-. The summed E-state index contributed by atoms with van der Waals surface area (Å²) >= 11 is 7.42. The van der Waals surface area contributed by atoms with E-state index in [0.717, 1.165) is 16.3 Å². The van der Waals surface area contributed by atoms with E-state index in [4.69, 9.17) is 11.6 Å². The minimum Gasteiger partial charge on any atom is -0.296 e. The molecular formula is C18H16ClN3OS. The lowest BCUT2D eigenvalue weighted by atomic mass is 10.3. The number of aryl methyl sites for hydroxylation is 1. The topological polar surface area (TPSA) is 37.6 Å². The van der Waals surface area contributed by atoms with E-state index >= 15 is 0 Å². The van der Waals surface area contributed by atoms with E-state index in [1.807, 2.05) is 72.3 Å². The Morgan fingerprint density at radius 3 is 2.46 bits per heavy atom. The fourth-order valence-corrected chi connectivity index (χ4v) is 3.19. The molecule has 0 aliphatic heterocycles. The minimum atomic E-state index is -0.314. The van der Waals surface area contributed by atoms with Crippen LogP contribution in [0, 0.1) is 6.92 Å². The molecule has 0 unspecified atom stereocenters. The normalized spacial score (nSPS) is 11.5. The van der Waals surface area contributed by atoms with Gasteiger partial charge < -0.3 is 0 Å². The number of urea groups is 1. The summed E-state index contributed by atoms with van der Waals surface area (Å²) in [5, 5.41) is 0.671. The molecule has 2 aromatic carbocycles. The second-order valence-corrected chi connectivity index (χ2v) is 6.91. The van der Waals surface area contributed by atoms with Crippen molar-refractivity contribution in [3.63, 3.8) is 0 Å². The third kappa shape index (κ3) is 3.58. The van der Waals surface area contributed by atoms with Crippen LogP contribution >= 0.6 is 22.9 Å². The quantitative estimate of drug-likeness (QED) is 0.657. The Hall–Kier alpha value is -2.37. The van der Waals surface area contributed by atoms with Gasteiger partial charge in [0, 0.05) is 34.5 Å². The first-order chi connectivity index (χ1) is 11.5. The fraction of sp³-hybridized carbons (Fsp3) is 0.111. The molecule has 0 radical (unpaired) electrons.